The van der Waals surface area contributed by atoms with Gasteiger partial charge in [-0.25, -0.2) is 0 Å². The first kappa shape index (κ1) is 6.10. The SMILES string of the molecule is [2H]c1c([2H])c([2H])c(OC(CC([2H])([2H])NC([2H])([2H])[2H])c2ccccc2)c(C)c1[2H]. The maximum absolute atomic E-state index is 8.09. The van der Waals surface area contributed by atoms with Crippen LogP contribution in [0.2, 0.25) is 0 Å². The predicted octanol–water partition coefficient (Wildman–Crippen LogP) is 3.72. The molecule has 0 aromatic heterocycles. The topological polar surface area (TPSA) is 21.3 Å². The molecule has 0 amide bonds. The molecule has 100 valence electrons. The minimum atomic E-state index is -2.70. The third-order valence-corrected chi connectivity index (χ3v) is 2.64. The van der Waals surface area contributed by atoms with Crippen molar-refractivity contribution >= 4 is 0 Å². The van der Waals surface area contributed by atoms with Crippen molar-refractivity contribution in [3.05, 3.63) is 65.6 Å². The van der Waals surface area contributed by atoms with E-state index < -0.39 is 32.0 Å². The summed E-state index contributed by atoms with van der Waals surface area (Å²) >= 11 is 0. The lowest BCUT2D eigenvalue weighted by Crippen LogP contribution is -2.16. The van der Waals surface area contributed by atoms with Gasteiger partial charge < -0.3 is 10.1 Å². The van der Waals surface area contributed by atoms with Gasteiger partial charge in [0, 0.05) is 13.3 Å². The van der Waals surface area contributed by atoms with Crippen LogP contribution >= 0.6 is 0 Å². The molecule has 1 N–H and O–H groups in total. The van der Waals surface area contributed by atoms with E-state index in [2.05, 4.69) is 0 Å². The molecule has 0 saturated carbocycles. The summed E-state index contributed by atoms with van der Waals surface area (Å²) in [5.74, 6) is -0.0930. The van der Waals surface area contributed by atoms with Gasteiger partial charge in [0.25, 0.3) is 0 Å². The van der Waals surface area contributed by atoms with E-state index >= 15 is 0 Å². The Morgan fingerprint density at radius 2 is 2.11 bits per heavy atom. The number of hydrogen-bond donors (Lipinski definition) is 1. The molecule has 0 spiro atoms. The van der Waals surface area contributed by atoms with Crippen LogP contribution in [0.3, 0.4) is 0 Å². The quantitative estimate of drug-likeness (QED) is 0.858. The van der Waals surface area contributed by atoms with Crippen molar-refractivity contribution < 1.29 is 17.1 Å². The normalized spacial score (nSPS) is 20.4. The molecule has 2 heteroatoms. The number of ether oxygens (including phenoxy) is 1. The zero-order chi connectivity index (χ0) is 21.3. The third kappa shape index (κ3) is 3.83. The number of rotatable bonds is 6. The van der Waals surface area contributed by atoms with Gasteiger partial charge in [0.2, 0.25) is 0 Å². The maximum Gasteiger partial charge on any atom is 0.125 e. The van der Waals surface area contributed by atoms with Crippen molar-refractivity contribution in [3.63, 3.8) is 0 Å². The third-order valence-electron chi connectivity index (χ3n) is 2.64. The van der Waals surface area contributed by atoms with Gasteiger partial charge in [-0.15, -0.1) is 0 Å². The highest BCUT2D eigenvalue weighted by Crippen LogP contribution is 2.26. The summed E-state index contributed by atoms with van der Waals surface area (Å²) < 4.78 is 75.2. The van der Waals surface area contributed by atoms with E-state index in [1.807, 2.05) is 5.32 Å². The summed E-state index contributed by atoms with van der Waals surface area (Å²) in [6.07, 6.45) is -1.37. The van der Waals surface area contributed by atoms with Gasteiger partial charge in [0.05, 0.1) is 5.48 Å². The Morgan fingerprint density at radius 3 is 2.89 bits per heavy atom. The Hall–Kier alpha value is -1.80. The van der Waals surface area contributed by atoms with E-state index in [9.17, 15) is 0 Å². The van der Waals surface area contributed by atoms with E-state index in [-0.39, 0.29) is 29.4 Å². The van der Waals surface area contributed by atoms with Gasteiger partial charge in [-0.3, -0.25) is 0 Å². The lowest BCUT2D eigenvalue weighted by Gasteiger charge is -2.20. The van der Waals surface area contributed by atoms with Crippen LogP contribution in [-0.2, 0) is 0 Å². The fourth-order valence-corrected chi connectivity index (χ4v) is 1.66. The maximum atomic E-state index is 8.09. The van der Waals surface area contributed by atoms with Crippen molar-refractivity contribution in [3.8, 4) is 5.75 Å². The minimum Gasteiger partial charge on any atom is -0.485 e. The van der Waals surface area contributed by atoms with Crippen LogP contribution < -0.4 is 10.1 Å². The van der Waals surface area contributed by atoms with Gasteiger partial charge >= 0.3 is 0 Å². The van der Waals surface area contributed by atoms with E-state index in [1.54, 1.807) is 30.3 Å². The first-order valence-electron chi connectivity index (χ1n) is 10.4. The summed E-state index contributed by atoms with van der Waals surface area (Å²) in [5, 5.41) is 1.94. The molecule has 0 heterocycles. The molecule has 1 unspecified atom stereocenters. The Bertz CT molecular complexity index is 808. The van der Waals surface area contributed by atoms with Gasteiger partial charge in [-0.2, -0.15) is 0 Å². The molecule has 2 aromatic carbocycles. The molecule has 0 radical (unpaired) electrons. The highest BCUT2D eigenvalue weighted by atomic mass is 16.5. The Morgan fingerprint density at radius 1 is 1.32 bits per heavy atom. The molecular formula is C17H21NO. The molecule has 1 atom stereocenters. The smallest absolute Gasteiger partial charge is 0.125 e. The number of benzene rings is 2. The van der Waals surface area contributed by atoms with Crippen molar-refractivity contribution in [1.82, 2.24) is 5.32 Å². The second kappa shape index (κ2) is 6.95. The van der Waals surface area contributed by atoms with Gasteiger partial charge in [-0.1, -0.05) is 48.5 Å². The molecule has 2 nitrogen and oxygen atoms in total. The van der Waals surface area contributed by atoms with Gasteiger partial charge in [-0.05, 0) is 37.6 Å². The van der Waals surface area contributed by atoms with E-state index in [4.69, 9.17) is 17.1 Å². The second-order valence-corrected chi connectivity index (χ2v) is 3.98. The highest BCUT2D eigenvalue weighted by Gasteiger charge is 2.13. The highest BCUT2D eigenvalue weighted by molar-refractivity contribution is 5.33. The molecule has 0 aliphatic heterocycles. The zero-order valence-electron chi connectivity index (χ0n) is 19.6. The monoisotopic (exact) mass is 264 g/mol. The first-order chi connectivity index (χ1) is 12.8. The minimum absolute atomic E-state index is 0.0930. The summed E-state index contributed by atoms with van der Waals surface area (Å²) in [7, 11) is 0. The lowest BCUT2D eigenvalue weighted by molar-refractivity contribution is 0.193. The van der Waals surface area contributed by atoms with E-state index in [1.165, 1.54) is 6.92 Å². The molecule has 19 heavy (non-hydrogen) atoms. The Balaban J connectivity index is 2.46. The number of para-hydroxylation sites is 1. The summed E-state index contributed by atoms with van der Waals surface area (Å²) in [6.45, 7) is -3.52. The van der Waals surface area contributed by atoms with Crippen LogP contribution in [0, 0.1) is 6.92 Å². The molecule has 2 rings (SSSR count). The van der Waals surface area contributed by atoms with Crippen molar-refractivity contribution in [2.45, 2.75) is 19.4 Å². The number of nitrogens with one attached hydrogen (secondary N) is 1. The Labute approximate surface area is 128 Å². The van der Waals surface area contributed by atoms with E-state index in [0.29, 0.717) is 5.56 Å². The largest absolute Gasteiger partial charge is 0.485 e. The van der Waals surface area contributed by atoms with Crippen LogP contribution in [0.4, 0.5) is 0 Å². The van der Waals surface area contributed by atoms with Crippen molar-refractivity contribution in [1.29, 1.82) is 0 Å². The van der Waals surface area contributed by atoms with E-state index in [0.717, 1.165) is 0 Å². The van der Waals surface area contributed by atoms with Crippen molar-refractivity contribution in [2.24, 2.45) is 0 Å². The average Bonchev–Trinajstić information content (AvgIpc) is 2.59. The van der Waals surface area contributed by atoms with Crippen molar-refractivity contribution in [2.75, 3.05) is 13.5 Å². The fraction of sp³-hybridized carbons (Fsp3) is 0.294. The molecule has 2 aromatic rings. The molecule has 0 bridgehead atoms. The fourth-order valence-electron chi connectivity index (χ4n) is 1.66. The second-order valence-electron chi connectivity index (χ2n) is 3.98. The summed E-state index contributed by atoms with van der Waals surface area (Å²) in [6, 6.07) is 7.09. The molecule has 0 saturated heterocycles. The zero-order valence-corrected chi connectivity index (χ0v) is 10.6. The molecule has 0 fully saturated rings. The van der Waals surface area contributed by atoms with Crippen LogP contribution in [0.5, 0.6) is 5.75 Å². The van der Waals surface area contributed by atoms with Crippen LogP contribution in [0.1, 0.15) is 36.0 Å². The van der Waals surface area contributed by atoms with Gasteiger partial charge in [0.1, 0.15) is 11.9 Å². The standard InChI is InChI=1S/C17H21NO/c1-14-8-6-7-11-16(14)19-17(12-13-18-2)15-9-4-3-5-10-15/h3-11,17-18H,12-13H2,1-2H3/i2D3,6D,7D,8D,11D,13D2. The Kier molecular flexibility index (Phi) is 2.23. The molecule has 0 aliphatic rings. The number of hydrogen-bond acceptors (Lipinski definition) is 2. The first-order valence-corrected chi connectivity index (χ1v) is 5.90. The predicted molar refractivity (Wildman–Crippen MR) is 79.5 cm³/mol. The average molecular weight is 264 g/mol. The molecular weight excluding hydrogens is 234 g/mol. The molecule has 0 aliphatic carbocycles. The summed E-state index contributed by atoms with van der Waals surface area (Å²) in [4.78, 5) is 0. The lowest BCUT2D eigenvalue weighted by atomic mass is 10.1. The van der Waals surface area contributed by atoms with Gasteiger partial charge in [0.15, 0.2) is 0 Å². The van der Waals surface area contributed by atoms with Crippen LogP contribution in [0.15, 0.2) is 54.5 Å². The van der Waals surface area contributed by atoms with Crippen LogP contribution in [-0.4, -0.2) is 13.5 Å². The summed E-state index contributed by atoms with van der Waals surface area (Å²) in [5.41, 5.74) is 0.738. The van der Waals surface area contributed by atoms with Crippen LogP contribution in [0.25, 0.3) is 0 Å².